The van der Waals surface area contributed by atoms with Gasteiger partial charge in [0.2, 0.25) is 5.91 Å². The zero-order valence-corrected chi connectivity index (χ0v) is 12.0. The van der Waals surface area contributed by atoms with Gasteiger partial charge in [0, 0.05) is 24.9 Å². The van der Waals surface area contributed by atoms with Crippen LogP contribution in [0.15, 0.2) is 30.3 Å². The number of hydrogen-bond donors (Lipinski definition) is 0. The number of carbonyl (C=O) groups excluding carboxylic acids is 2. The summed E-state index contributed by atoms with van der Waals surface area (Å²) in [5.74, 6) is -0.0346. The highest BCUT2D eigenvalue weighted by Crippen LogP contribution is 2.34. The van der Waals surface area contributed by atoms with Crippen molar-refractivity contribution in [3.05, 3.63) is 35.9 Å². The van der Waals surface area contributed by atoms with E-state index >= 15 is 0 Å². The van der Waals surface area contributed by atoms with Crippen LogP contribution >= 0.6 is 0 Å². The first-order valence-corrected chi connectivity index (χ1v) is 7.08. The Hall–Kier alpha value is -1.84. The molecule has 4 heteroatoms. The SMILES string of the molecule is CCN1C(=O)CCC1C(CC(=O)OC)c1ccccc1. The standard InChI is InChI=1S/C16H21NO3/c1-3-17-14(9-10-15(17)18)13(11-16(19)20-2)12-7-5-4-6-8-12/h4-8,13-14H,3,9-11H2,1-2H3. The van der Waals surface area contributed by atoms with Crippen molar-refractivity contribution in [2.24, 2.45) is 0 Å². The maximum Gasteiger partial charge on any atom is 0.306 e. The number of nitrogens with zero attached hydrogens (tertiary/aromatic N) is 1. The molecule has 0 saturated carbocycles. The maximum atomic E-state index is 11.9. The van der Waals surface area contributed by atoms with Crippen LogP contribution in [0.1, 0.15) is 37.7 Å². The molecule has 4 nitrogen and oxygen atoms in total. The Kier molecular flexibility index (Phi) is 4.77. The number of carbonyl (C=O) groups is 2. The summed E-state index contributed by atoms with van der Waals surface area (Å²) in [7, 11) is 1.40. The number of benzene rings is 1. The second kappa shape index (κ2) is 6.55. The highest BCUT2D eigenvalue weighted by Gasteiger charge is 2.37. The molecule has 1 aliphatic rings. The summed E-state index contributed by atoms with van der Waals surface area (Å²) < 4.78 is 4.82. The number of ether oxygens (including phenoxy) is 1. The van der Waals surface area contributed by atoms with Crippen molar-refractivity contribution in [1.29, 1.82) is 0 Å². The number of rotatable bonds is 5. The van der Waals surface area contributed by atoms with Crippen molar-refractivity contribution in [2.45, 2.75) is 38.1 Å². The van der Waals surface area contributed by atoms with Crippen molar-refractivity contribution in [3.63, 3.8) is 0 Å². The molecule has 0 N–H and O–H groups in total. The van der Waals surface area contributed by atoms with Gasteiger partial charge in [-0.25, -0.2) is 0 Å². The summed E-state index contributed by atoms with van der Waals surface area (Å²) >= 11 is 0. The maximum absolute atomic E-state index is 11.9. The molecule has 1 saturated heterocycles. The van der Waals surface area contributed by atoms with Gasteiger partial charge in [-0.15, -0.1) is 0 Å². The largest absolute Gasteiger partial charge is 0.469 e. The Morgan fingerprint density at radius 2 is 2.10 bits per heavy atom. The molecule has 1 heterocycles. The smallest absolute Gasteiger partial charge is 0.306 e. The van der Waals surface area contributed by atoms with Crippen LogP contribution in [0.5, 0.6) is 0 Å². The molecule has 0 aliphatic carbocycles. The molecule has 1 fully saturated rings. The number of likely N-dealkylation sites (tertiary alicyclic amines) is 1. The highest BCUT2D eigenvalue weighted by molar-refractivity contribution is 5.79. The van der Waals surface area contributed by atoms with Gasteiger partial charge in [-0.1, -0.05) is 30.3 Å². The summed E-state index contributed by atoms with van der Waals surface area (Å²) in [6.07, 6.45) is 1.70. The van der Waals surface area contributed by atoms with Crippen LogP contribution in [-0.2, 0) is 14.3 Å². The molecule has 1 amide bonds. The first kappa shape index (κ1) is 14.6. The Bertz CT molecular complexity index is 472. The molecular weight excluding hydrogens is 254 g/mol. The number of hydrogen-bond acceptors (Lipinski definition) is 3. The topological polar surface area (TPSA) is 46.6 Å². The molecule has 0 aromatic heterocycles. The first-order valence-electron chi connectivity index (χ1n) is 7.08. The molecule has 0 bridgehead atoms. The average Bonchev–Trinajstić information content (AvgIpc) is 2.86. The minimum absolute atomic E-state index is 0.00931. The lowest BCUT2D eigenvalue weighted by Crippen LogP contribution is -2.37. The molecule has 1 aromatic carbocycles. The van der Waals surface area contributed by atoms with Crippen LogP contribution in [0.2, 0.25) is 0 Å². The zero-order valence-electron chi connectivity index (χ0n) is 12.0. The van der Waals surface area contributed by atoms with E-state index in [1.165, 1.54) is 7.11 Å². The summed E-state index contributed by atoms with van der Waals surface area (Å²) in [5.41, 5.74) is 1.09. The van der Waals surface area contributed by atoms with Crippen LogP contribution in [0, 0.1) is 0 Å². The van der Waals surface area contributed by atoms with Crippen molar-refractivity contribution in [3.8, 4) is 0 Å². The van der Waals surface area contributed by atoms with E-state index in [4.69, 9.17) is 4.74 Å². The lowest BCUT2D eigenvalue weighted by molar-refractivity contribution is -0.142. The minimum Gasteiger partial charge on any atom is -0.469 e. The number of methoxy groups -OCH3 is 1. The Morgan fingerprint density at radius 1 is 1.40 bits per heavy atom. The fourth-order valence-corrected chi connectivity index (χ4v) is 3.02. The normalized spacial score (nSPS) is 20.0. The van der Waals surface area contributed by atoms with Gasteiger partial charge in [-0.2, -0.15) is 0 Å². The lowest BCUT2D eigenvalue weighted by atomic mass is 9.87. The molecule has 1 aromatic rings. The summed E-state index contributed by atoms with van der Waals surface area (Å²) in [4.78, 5) is 25.5. The van der Waals surface area contributed by atoms with Crippen molar-refractivity contribution < 1.29 is 14.3 Å². The predicted molar refractivity (Wildman–Crippen MR) is 76.2 cm³/mol. The lowest BCUT2D eigenvalue weighted by Gasteiger charge is -2.31. The van der Waals surface area contributed by atoms with Gasteiger partial charge in [-0.05, 0) is 18.9 Å². The van der Waals surface area contributed by atoms with Crippen molar-refractivity contribution in [2.75, 3.05) is 13.7 Å². The number of likely N-dealkylation sites (N-methyl/N-ethyl adjacent to an activating group) is 1. The van der Waals surface area contributed by atoms with Gasteiger partial charge < -0.3 is 9.64 Å². The van der Waals surface area contributed by atoms with Gasteiger partial charge in [0.1, 0.15) is 0 Å². The molecule has 1 aliphatic heterocycles. The average molecular weight is 275 g/mol. The third-order valence-corrected chi connectivity index (χ3v) is 4.02. The van der Waals surface area contributed by atoms with Crippen LogP contribution in [-0.4, -0.2) is 36.5 Å². The molecule has 2 atom stereocenters. The second-order valence-corrected chi connectivity index (χ2v) is 5.08. The predicted octanol–water partition coefficient (Wildman–Crippen LogP) is 2.34. The first-order chi connectivity index (χ1) is 9.67. The summed E-state index contributed by atoms with van der Waals surface area (Å²) in [6, 6.07) is 10.0. The molecular formula is C16H21NO3. The Balaban J connectivity index is 2.27. The molecule has 20 heavy (non-hydrogen) atoms. The van der Waals surface area contributed by atoms with E-state index in [1.807, 2.05) is 42.2 Å². The Morgan fingerprint density at radius 3 is 2.70 bits per heavy atom. The summed E-state index contributed by atoms with van der Waals surface area (Å²) in [6.45, 7) is 2.67. The van der Waals surface area contributed by atoms with E-state index in [0.29, 0.717) is 19.4 Å². The van der Waals surface area contributed by atoms with Crippen LogP contribution in [0.3, 0.4) is 0 Å². The van der Waals surface area contributed by atoms with E-state index < -0.39 is 0 Å². The van der Waals surface area contributed by atoms with E-state index in [9.17, 15) is 9.59 Å². The van der Waals surface area contributed by atoms with Crippen molar-refractivity contribution >= 4 is 11.9 Å². The van der Waals surface area contributed by atoms with Gasteiger partial charge in [0.25, 0.3) is 0 Å². The van der Waals surface area contributed by atoms with Gasteiger partial charge in [0.05, 0.1) is 13.5 Å². The second-order valence-electron chi connectivity index (χ2n) is 5.08. The van der Waals surface area contributed by atoms with E-state index in [-0.39, 0.29) is 23.8 Å². The zero-order chi connectivity index (χ0) is 14.5. The van der Waals surface area contributed by atoms with Gasteiger partial charge >= 0.3 is 5.97 Å². The van der Waals surface area contributed by atoms with Crippen LogP contribution < -0.4 is 0 Å². The van der Waals surface area contributed by atoms with E-state index in [2.05, 4.69) is 0 Å². The molecule has 2 rings (SSSR count). The quantitative estimate of drug-likeness (QED) is 0.775. The monoisotopic (exact) mass is 275 g/mol. The fourth-order valence-electron chi connectivity index (χ4n) is 3.02. The van der Waals surface area contributed by atoms with Crippen molar-refractivity contribution in [1.82, 2.24) is 4.90 Å². The number of amides is 1. The van der Waals surface area contributed by atoms with Gasteiger partial charge in [-0.3, -0.25) is 9.59 Å². The van der Waals surface area contributed by atoms with Crippen LogP contribution in [0.25, 0.3) is 0 Å². The molecule has 0 spiro atoms. The number of esters is 1. The van der Waals surface area contributed by atoms with Gasteiger partial charge in [0.15, 0.2) is 0 Å². The van der Waals surface area contributed by atoms with E-state index in [0.717, 1.165) is 12.0 Å². The molecule has 108 valence electrons. The third-order valence-electron chi connectivity index (χ3n) is 4.02. The third kappa shape index (κ3) is 3.00. The van der Waals surface area contributed by atoms with E-state index in [1.54, 1.807) is 0 Å². The Labute approximate surface area is 119 Å². The van der Waals surface area contributed by atoms with Crippen LogP contribution in [0.4, 0.5) is 0 Å². The summed E-state index contributed by atoms with van der Waals surface area (Å²) in [5, 5.41) is 0. The molecule has 0 radical (unpaired) electrons. The highest BCUT2D eigenvalue weighted by atomic mass is 16.5. The minimum atomic E-state index is -0.228. The molecule has 2 unspecified atom stereocenters. The fraction of sp³-hybridized carbons (Fsp3) is 0.500.